The highest BCUT2D eigenvalue weighted by Crippen LogP contribution is 2.14. The third-order valence-electron chi connectivity index (χ3n) is 2.63. The molecule has 6 heteroatoms. The maximum Gasteiger partial charge on any atom is 0.408 e. The van der Waals surface area contributed by atoms with Gasteiger partial charge in [-0.3, -0.25) is 4.79 Å². The lowest BCUT2D eigenvalue weighted by Gasteiger charge is -2.22. The van der Waals surface area contributed by atoms with Crippen molar-refractivity contribution >= 4 is 11.9 Å². The summed E-state index contributed by atoms with van der Waals surface area (Å²) in [5.74, 6) is 0.438. The number of alkyl carbamates (subject to hydrolysis) is 1. The number of Topliss-reactive ketones (excluding diaryl/α,β-unsaturated/α-hetero) is 1. The second-order valence-corrected chi connectivity index (χ2v) is 5.92. The van der Waals surface area contributed by atoms with Crippen LogP contribution < -0.4 is 10.1 Å². The van der Waals surface area contributed by atoms with E-state index in [0.29, 0.717) is 11.3 Å². The van der Waals surface area contributed by atoms with Crippen LogP contribution in [0.4, 0.5) is 4.79 Å². The summed E-state index contributed by atoms with van der Waals surface area (Å²) in [6, 6.07) is 6.12. The quantitative estimate of drug-likeness (QED) is 0.787. The van der Waals surface area contributed by atoms with Crippen molar-refractivity contribution in [2.75, 3.05) is 13.2 Å². The van der Waals surface area contributed by atoms with E-state index in [1.807, 2.05) is 0 Å². The van der Waals surface area contributed by atoms with Gasteiger partial charge in [-0.1, -0.05) is 12.1 Å². The fourth-order valence-corrected chi connectivity index (χ4v) is 1.62. The number of hydrogen-bond donors (Lipinski definition) is 2. The van der Waals surface area contributed by atoms with Crippen molar-refractivity contribution in [2.24, 2.45) is 0 Å². The Morgan fingerprint density at radius 3 is 2.55 bits per heavy atom. The van der Waals surface area contributed by atoms with Crippen LogP contribution in [-0.4, -0.2) is 41.8 Å². The molecule has 0 unspecified atom stereocenters. The topological polar surface area (TPSA) is 84.9 Å². The first-order valence-corrected chi connectivity index (χ1v) is 7.05. The molecule has 2 N–H and O–H groups in total. The number of aliphatic hydroxyl groups excluding tert-OH is 1. The largest absolute Gasteiger partial charge is 0.491 e. The third-order valence-corrected chi connectivity index (χ3v) is 2.63. The highest BCUT2D eigenvalue weighted by Gasteiger charge is 2.19. The van der Waals surface area contributed by atoms with Gasteiger partial charge in [-0.25, -0.2) is 4.79 Å². The predicted molar refractivity (Wildman–Crippen MR) is 82.2 cm³/mol. The molecule has 0 fully saturated rings. The summed E-state index contributed by atoms with van der Waals surface area (Å²) in [4.78, 5) is 22.9. The van der Waals surface area contributed by atoms with E-state index in [1.54, 1.807) is 45.0 Å². The van der Waals surface area contributed by atoms with Gasteiger partial charge < -0.3 is 19.9 Å². The summed E-state index contributed by atoms with van der Waals surface area (Å²) in [6.07, 6.45) is -0.618. The lowest BCUT2D eigenvalue weighted by molar-refractivity contribution is 0.0458. The third kappa shape index (κ3) is 6.58. The van der Waals surface area contributed by atoms with Crippen LogP contribution in [0.15, 0.2) is 24.3 Å². The van der Waals surface area contributed by atoms with Gasteiger partial charge in [-0.2, -0.15) is 0 Å². The molecule has 1 aromatic carbocycles. The number of hydrogen-bond acceptors (Lipinski definition) is 5. The van der Waals surface area contributed by atoms with Crippen molar-refractivity contribution in [1.82, 2.24) is 5.32 Å². The number of aliphatic hydroxyl groups is 1. The molecule has 1 aromatic rings. The van der Waals surface area contributed by atoms with Gasteiger partial charge in [0.05, 0.1) is 12.6 Å². The van der Waals surface area contributed by atoms with E-state index in [-0.39, 0.29) is 19.0 Å². The molecule has 0 aliphatic heterocycles. The maximum absolute atomic E-state index is 11.6. The van der Waals surface area contributed by atoms with Gasteiger partial charge in [0.25, 0.3) is 0 Å². The second-order valence-electron chi connectivity index (χ2n) is 5.92. The zero-order valence-electron chi connectivity index (χ0n) is 13.4. The highest BCUT2D eigenvalue weighted by molar-refractivity contribution is 5.94. The number of amides is 1. The Hall–Kier alpha value is -2.08. The summed E-state index contributed by atoms with van der Waals surface area (Å²) in [5.41, 5.74) is -0.0704. The van der Waals surface area contributed by atoms with Crippen molar-refractivity contribution in [3.63, 3.8) is 0 Å². The first-order valence-electron chi connectivity index (χ1n) is 7.05. The number of carbonyl (C=O) groups excluding carboxylic acids is 2. The molecule has 0 radical (unpaired) electrons. The minimum atomic E-state index is -0.618. The van der Waals surface area contributed by atoms with E-state index in [1.165, 1.54) is 6.92 Å². The van der Waals surface area contributed by atoms with E-state index in [9.17, 15) is 14.7 Å². The van der Waals surface area contributed by atoms with Crippen LogP contribution >= 0.6 is 0 Å². The standard InChI is InChI=1S/C16H23NO5/c1-11(19)12-6-5-7-14(8-12)21-10-13(9-18)17-15(20)22-16(2,3)4/h5-8,13,18H,9-10H2,1-4H3,(H,17,20)/t13-/m0/s1. The van der Waals surface area contributed by atoms with E-state index in [0.717, 1.165) is 0 Å². The number of rotatable bonds is 6. The number of nitrogens with one attached hydrogen (secondary N) is 1. The molecule has 0 aliphatic carbocycles. The minimum absolute atomic E-state index is 0.0592. The van der Waals surface area contributed by atoms with E-state index in [2.05, 4.69) is 5.32 Å². The summed E-state index contributed by atoms with van der Waals surface area (Å²) in [6.45, 7) is 6.52. The average Bonchev–Trinajstić information content (AvgIpc) is 2.41. The molecule has 0 bridgehead atoms. The van der Waals surface area contributed by atoms with Crippen molar-refractivity contribution in [3.05, 3.63) is 29.8 Å². The van der Waals surface area contributed by atoms with Crippen LogP contribution in [0.5, 0.6) is 5.75 Å². The summed E-state index contributed by atoms with van der Waals surface area (Å²) < 4.78 is 10.6. The Labute approximate surface area is 130 Å². The second kappa shape index (κ2) is 7.79. The molecule has 1 rings (SSSR count). The van der Waals surface area contributed by atoms with Crippen LogP contribution in [0.25, 0.3) is 0 Å². The van der Waals surface area contributed by atoms with Crippen molar-refractivity contribution < 1.29 is 24.2 Å². The highest BCUT2D eigenvalue weighted by atomic mass is 16.6. The first-order chi connectivity index (χ1) is 10.2. The van der Waals surface area contributed by atoms with Crippen LogP contribution in [0.3, 0.4) is 0 Å². The molecule has 1 amide bonds. The zero-order chi connectivity index (χ0) is 16.8. The molecule has 1 atom stereocenters. The van der Waals surface area contributed by atoms with E-state index < -0.39 is 17.7 Å². The molecule has 0 saturated carbocycles. The molecule has 122 valence electrons. The molecule has 0 saturated heterocycles. The molecule has 0 aromatic heterocycles. The van der Waals surface area contributed by atoms with Crippen LogP contribution in [0, 0.1) is 0 Å². The predicted octanol–water partition coefficient (Wildman–Crippen LogP) is 2.15. The van der Waals surface area contributed by atoms with Gasteiger partial charge in [0.2, 0.25) is 0 Å². The lowest BCUT2D eigenvalue weighted by Crippen LogP contribution is -2.44. The summed E-state index contributed by atoms with van der Waals surface area (Å²) in [7, 11) is 0. The fourth-order valence-electron chi connectivity index (χ4n) is 1.62. The maximum atomic E-state index is 11.6. The molecular formula is C16H23NO5. The Balaban J connectivity index is 2.55. The monoisotopic (exact) mass is 309 g/mol. The molecule has 22 heavy (non-hydrogen) atoms. The van der Waals surface area contributed by atoms with Gasteiger partial charge in [-0.15, -0.1) is 0 Å². The van der Waals surface area contributed by atoms with Gasteiger partial charge in [-0.05, 0) is 39.8 Å². The Morgan fingerprint density at radius 2 is 2.00 bits per heavy atom. The number of carbonyl (C=O) groups is 2. The molecule has 0 aliphatic rings. The first kappa shape index (κ1) is 18.0. The van der Waals surface area contributed by atoms with Crippen molar-refractivity contribution in [2.45, 2.75) is 39.3 Å². The van der Waals surface area contributed by atoms with Crippen LogP contribution in [-0.2, 0) is 4.74 Å². The Kier molecular flexibility index (Phi) is 6.37. The van der Waals surface area contributed by atoms with Crippen molar-refractivity contribution in [1.29, 1.82) is 0 Å². The number of ketones is 1. The number of ether oxygens (including phenoxy) is 2. The average molecular weight is 309 g/mol. The van der Waals surface area contributed by atoms with Gasteiger partial charge in [0.15, 0.2) is 5.78 Å². The van der Waals surface area contributed by atoms with E-state index in [4.69, 9.17) is 9.47 Å². The van der Waals surface area contributed by atoms with E-state index >= 15 is 0 Å². The Bertz CT molecular complexity index is 522. The fraction of sp³-hybridized carbons (Fsp3) is 0.500. The van der Waals surface area contributed by atoms with Crippen LogP contribution in [0.1, 0.15) is 38.1 Å². The van der Waals surface area contributed by atoms with Crippen molar-refractivity contribution in [3.8, 4) is 5.75 Å². The normalized spacial score (nSPS) is 12.4. The SMILES string of the molecule is CC(=O)c1cccc(OC[C@H](CO)NC(=O)OC(C)(C)C)c1. The zero-order valence-corrected chi connectivity index (χ0v) is 13.4. The van der Waals surface area contributed by atoms with Gasteiger partial charge >= 0.3 is 6.09 Å². The molecule has 0 heterocycles. The lowest BCUT2D eigenvalue weighted by atomic mass is 10.1. The van der Waals surface area contributed by atoms with Gasteiger partial charge in [0, 0.05) is 5.56 Å². The summed E-state index contributed by atoms with van der Waals surface area (Å²) in [5, 5.41) is 11.8. The smallest absolute Gasteiger partial charge is 0.408 e. The molecule has 6 nitrogen and oxygen atoms in total. The Morgan fingerprint density at radius 1 is 1.32 bits per heavy atom. The molecule has 0 spiro atoms. The summed E-state index contributed by atoms with van der Waals surface area (Å²) >= 11 is 0. The van der Waals surface area contributed by atoms with Gasteiger partial charge in [0.1, 0.15) is 18.0 Å². The molecular weight excluding hydrogens is 286 g/mol. The minimum Gasteiger partial charge on any atom is -0.491 e. The van der Waals surface area contributed by atoms with Crippen LogP contribution in [0.2, 0.25) is 0 Å². The number of benzene rings is 1.